The minimum absolute atomic E-state index is 0.0118. The molecule has 0 fully saturated rings. The monoisotopic (exact) mass is 810 g/mol. The van der Waals surface area contributed by atoms with Crippen LogP contribution in [0.15, 0.2) is 81.1 Å². The van der Waals surface area contributed by atoms with Crippen LogP contribution < -0.4 is 9.80 Å². The van der Waals surface area contributed by atoms with Crippen LogP contribution in [0.25, 0.3) is 0 Å². The minimum Gasteiger partial charge on any atom is -0.511 e. The predicted octanol–water partition coefficient (Wildman–Crippen LogP) is 4.96. The number of aliphatic hydroxyl groups is 2. The number of fused-ring (bicyclic) bond motifs is 2. The molecule has 296 valence electrons. The Morgan fingerprint density at radius 2 is 1.22 bits per heavy atom. The third-order valence-electron chi connectivity index (χ3n) is 10.5. The van der Waals surface area contributed by atoms with Crippen LogP contribution in [0, 0.1) is 5.92 Å². The first-order valence-corrected chi connectivity index (χ1v) is 21.9. The molecule has 2 aromatic carbocycles. The van der Waals surface area contributed by atoms with Gasteiger partial charge >= 0.3 is 5.97 Å². The lowest BCUT2D eigenvalue weighted by Gasteiger charge is -2.37. The topological polar surface area (TPSA) is 247 Å². The summed E-state index contributed by atoms with van der Waals surface area (Å²) < 4.78 is 99.6. The number of carboxylic acids is 1. The number of carbonyl (C=O) groups is 1. The van der Waals surface area contributed by atoms with E-state index in [4.69, 9.17) is 5.11 Å². The molecule has 0 aromatic heterocycles. The number of unbranched alkanes of at least 4 members (excludes halogenated alkanes) is 3. The Hall–Kier alpha value is -3.78. The van der Waals surface area contributed by atoms with E-state index in [0.717, 1.165) is 0 Å². The first kappa shape index (κ1) is 41.4. The zero-order valence-electron chi connectivity index (χ0n) is 30.3. The highest BCUT2D eigenvalue weighted by Gasteiger charge is 2.47. The third kappa shape index (κ3) is 8.24. The standard InChI is InChI=1S/C36H46N2O13S3/c1-35(2)26-18-22(53(46,47)48)11-13-28(26)37(15-7-5-6-10-32(39)40)30(35)20-24-33(41)25(34(24)42)21-31-36(3,4)27-19-23(54(49,50)51)12-14-29(27)38(31)16-8-9-17-52(43,44)45/h11-14,18-21,25,33,41-42H,5-10,15-17H2,1-4H3,(H,39,40)(H,43,44,45)(H,46,47,48)(H,49,50,51). The van der Waals surface area contributed by atoms with E-state index in [-0.39, 0.29) is 40.5 Å². The minimum atomic E-state index is -4.55. The van der Waals surface area contributed by atoms with Gasteiger partial charge in [-0.05, 0) is 79.3 Å². The molecule has 2 heterocycles. The summed E-state index contributed by atoms with van der Waals surface area (Å²) in [5, 5.41) is 32.2. The fourth-order valence-electron chi connectivity index (χ4n) is 7.59. The molecular formula is C36H46N2O13S3. The van der Waals surface area contributed by atoms with Crippen LogP contribution in [0.2, 0.25) is 0 Å². The highest BCUT2D eigenvalue weighted by atomic mass is 32.2. The van der Waals surface area contributed by atoms with Crippen LogP contribution >= 0.6 is 0 Å². The van der Waals surface area contributed by atoms with Crippen molar-refractivity contribution in [1.29, 1.82) is 0 Å². The van der Waals surface area contributed by atoms with Gasteiger partial charge < -0.3 is 25.1 Å². The quantitative estimate of drug-likeness (QED) is 0.103. The van der Waals surface area contributed by atoms with Crippen molar-refractivity contribution in [2.45, 2.75) is 92.9 Å². The highest BCUT2D eigenvalue weighted by molar-refractivity contribution is 7.86. The second-order valence-corrected chi connectivity index (χ2v) is 19.4. The van der Waals surface area contributed by atoms with Crippen molar-refractivity contribution in [3.63, 3.8) is 0 Å². The maximum Gasteiger partial charge on any atom is 0.303 e. The summed E-state index contributed by atoms with van der Waals surface area (Å²) >= 11 is 0. The molecule has 6 N–H and O–H groups in total. The molecule has 0 spiro atoms. The van der Waals surface area contributed by atoms with Crippen LogP contribution in [0.3, 0.4) is 0 Å². The molecule has 3 aliphatic rings. The number of hydrogen-bond donors (Lipinski definition) is 6. The largest absolute Gasteiger partial charge is 0.511 e. The Morgan fingerprint density at radius 3 is 1.69 bits per heavy atom. The number of allylic oxidation sites excluding steroid dienone is 2. The summed E-state index contributed by atoms with van der Waals surface area (Å²) in [6.07, 6.45) is 4.17. The van der Waals surface area contributed by atoms with E-state index >= 15 is 0 Å². The molecule has 54 heavy (non-hydrogen) atoms. The van der Waals surface area contributed by atoms with Gasteiger partial charge in [0.2, 0.25) is 0 Å². The molecule has 0 saturated carbocycles. The van der Waals surface area contributed by atoms with Gasteiger partial charge in [0.15, 0.2) is 0 Å². The van der Waals surface area contributed by atoms with Crippen molar-refractivity contribution in [2.24, 2.45) is 5.92 Å². The molecule has 2 unspecified atom stereocenters. The third-order valence-corrected chi connectivity index (χ3v) is 13.0. The Balaban J connectivity index is 1.53. The average Bonchev–Trinajstić information content (AvgIpc) is 3.40. The van der Waals surface area contributed by atoms with Crippen molar-refractivity contribution in [3.05, 3.63) is 82.4 Å². The number of nitrogens with zero attached hydrogens (tertiary/aromatic N) is 2. The van der Waals surface area contributed by atoms with Gasteiger partial charge in [-0.15, -0.1) is 0 Å². The summed E-state index contributed by atoms with van der Waals surface area (Å²) in [5.41, 5.74) is 1.99. The van der Waals surface area contributed by atoms with Crippen molar-refractivity contribution >= 4 is 47.7 Å². The van der Waals surface area contributed by atoms with Gasteiger partial charge in [-0.2, -0.15) is 25.3 Å². The Bertz CT molecular complexity index is 2280. The molecule has 1 aliphatic carbocycles. The SMILES string of the molecule is CC1(C)C(=CC2=C(O)C(C=C3N(CCCCS(=O)(=O)O)c4ccc(S(=O)(=O)O)cc4C3(C)C)C2O)N(CCCCCC(=O)O)c2ccc(S(=O)(=O)O)cc21. The molecule has 5 rings (SSSR count). The Kier molecular flexibility index (Phi) is 11.3. The summed E-state index contributed by atoms with van der Waals surface area (Å²) in [6.45, 7) is 7.97. The van der Waals surface area contributed by atoms with Crippen LogP contribution in [0.1, 0.15) is 77.3 Å². The van der Waals surface area contributed by atoms with Crippen molar-refractivity contribution in [3.8, 4) is 0 Å². The molecule has 2 aliphatic heterocycles. The first-order chi connectivity index (χ1) is 24.9. The number of carboxylic acid groups (broad SMARTS) is 1. The lowest BCUT2D eigenvalue weighted by molar-refractivity contribution is -0.137. The predicted molar refractivity (Wildman–Crippen MR) is 200 cm³/mol. The van der Waals surface area contributed by atoms with Gasteiger partial charge in [0.25, 0.3) is 30.4 Å². The van der Waals surface area contributed by atoms with Crippen LogP contribution in [0.4, 0.5) is 11.4 Å². The van der Waals surface area contributed by atoms with E-state index in [2.05, 4.69) is 0 Å². The van der Waals surface area contributed by atoms with E-state index in [1.54, 1.807) is 18.2 Å². The van der Waals surface area contributed by atoms with Crippen molar-refractivity contribution < 1.29 is 59.0 Å². The highest BCUT2D eigenvalue weighted by Crippen LogP contribution is 2.52. The van der Waals surface area contributed by atoms with Crippen molar-refractivity contribution in [1.82, 2.24) is 0 Å². The lowest BCUT2D eigenvalue weighted by Crippen LogP contribution is -2.38. The average molecular weight is 811 g/mol. The molecule has 15 nitrogen and oxygen atoms in total. The normalized spacial score (nSPS) is 22.1. The summed E-state index contributed by atoms with van der Waals surface area (Å²) in [7, 11) is -13.3. The zero-order chi connectivity index (χ0) is 40.2. The molecule has 2 aromatic rings. The molecule has 18 heteroatoms. The van der Waals surface area contributed by atoms with Gasteiger partial charge in [0.05, 0.1) is 27.6 Å². The fourth-order valence-corrected chi connectivity index (χ4v) is 9.17. The van der Waals surface area contributed by atoms with Crippen LogP contribution in [0.5, 0.6) is 0 Å². The van der Waals surface area contributed by atoms with Gasteiger partial charge in [-0.3, -0.25) is 18.5 Å². The van der Waals surface area contributed by atoms with Gasteiger partial charge in [-0.1, -0.05) is 40.2 Å². The smallest absolute Gasteiger partial charge is 0.303 e. The summed E-state index contributed by atoms with van der Waals surface area (Å²) in [4.78, 5) is 14.2. The number of hydrogen-bond acceptors (Lipinski definition) is 11. The summed E-state index contributed by atoms with van der Waals surface area (Å²) in [6, 6.07) is 8.38. The molecule has 0 amide bonds. The van der Waals surface area contributed by atoms with E-state index in [0.29, 0.717) is 66.1 Å². The maximum absolute atomic E-state index is 12.0. The van der Waals surface area contributed by atoms with E-state index in [1.807, 2.05) is 37.5 Å². The molecule has 0 saturated heterocycles. The van der Waals surface area contributed by atoms with Crippen LogP contribution in [-0.4, -0.2) is 85.1 Å². The maximum atomic E-state index is 12.0. The van der Waals surface area contributed by atoms with Crippen LogP contribution in [-0.2, 0) is 46.0 Å². The van der Waals surface area contributed by atoms with E-state index < -0.39 is 64.9 Å². The molecule has 0 radical (unpaired) electrons. The van der Waals surface area contributed by atoms with E-state index in [9.17, 15) is 53.9 Å². The van der Waals surface area contributed by atoms with Gasteiger partial charge in [0, 0.05) is 58.7 Å². The Labute approximate surface area is 315 Å². The number of anilines is 2. The number of benzene rings is 2. The second-order valence-electron chi connectivity index (χ2n) is 15.0. The fraction of sp³-hybridized carbons (Fsp3) is 0.472. The molecular weight excluding hydrogens is 765 g/mol. The van der Waals surface area contributed by atoms with Crippen molar-refractivity contribution in [2.75, 3.05) is 28.6 Å². The number of rotatable bonds is 15. The van der Waals surface area contributed by atoms with Gasteiger partial charge in [0.1, 0.15) is 5.76 Å². The van der Waals surface area contributed by atoms with Gasteiger partial charge in [-0.25, -0.2) is 0 Å². The summed E-state index contributed by atoms with van der Waals surface area (Å²) in [5.74, 6) is -2.42. The molecule has 2 atom stereocenters. The zero-order valence-corrected chi connectivity index (χ0v) is 32.7. The Morgan fingerprint density at radius 1 is 0.741 bits per heavy atom. The molecule has 0 bridgehead atoms. The number of aliphatic hydroxyl groups excluding tert-OH is 2. The van der Waals surface area contributed by atoms with E-state index in [1.165, 1.54) is 30.3 Å². The first-order valence-electron chi connectivity index (χ1n) is 17.4. The lowest BCUT2D eigenvalue weighted by atomic mass is 9.75. The second kappa shape index (κ2) is 14.7. The number of aliphatic carboxylic acids is 1.